The van der Waals surface area contributed by atoms with E-state index in [1.54, 1.807) is 30.1 Å². The Morgan fingerprint density at radius 3 is 2.76 bits per heavy atom. The molecule has 0 bridgehead atoms. The summed E-state index contributed by atoms with van der Waals surface area (Å²) < 4.78 is 0. The van der Waals surface area contributed by atoms with E-state index in [-0.39, 0.29) is 17.7 Å². The highest BCUT2D eigenvalue weighted by atomic mass is 79.9. The first-order valence-corrected chi connectivity index (χ1v) is 6.19. The molecule has 0 saturated carbocycles. The van der Waals surface area contributed by atoms with Crippen LogP contribution in [-0.2, 0) is 16.0 Å². The number of likely N-dealkylation sites (N-methyl/N-ethyl adjacent to an activating group) is 1. The summed E-state index contributed by atoms with van der Waals surface area (Å²) in [7, 11) is 1.69. The summed E-state index contributed by atoms with van der Waals surface area (Å²) >= 11 is 2.96. The average Bonchev–Trinajstić information content (AvgIpc) is 2.62. The van der Waals surface area contributed by atoms with Crippen molar-refractivity contribution in [2.75, 3.05) is 17.3 Å². The second kappa shape index (κ2) is 4.41. The van der Waals surface area contributed by atoms with Crippen LogP contribution in [0.25, 0.3) is 0 Å². The molecule has 1 aliphatic rings. The fourth-order valence-electron chi connectivity index (χ4n) is 1.83. The van der Waals surface area contributed by atoms with E-state index in [1.165, 1.54) is 0 Å². The average molecular weight is 296 g/mol. The van der Waals surface area contributed by atoms with Crippen molar-refractivity contribution >= 4 is 39.1 Å². The molecule has 0 N–H and O–H groups in total. The van der Waals surface area contributed by atoms with Crippen LogP contribution >= 0.6 is 15.9 Å². The Kier molecular flexibility index (Phi) is 3.11. The lowest BCUT2D eigenvalue weighted by atomic mass is 10.0. The molecule has 1 aliphatic heterocycles. The number of rotatable bonds is 3. The number of ketones is 2. The molecule has 0 aliphatic carbocycles. The van der Waals surface area contributed by atoms with Crippen molar-refractivity contribution in [3.8, 4) is 0 Å². The molecule has 1 aromatic rings. The first kappa shape index (κ1) is 12.0. The third kappa shape index (κ3) is 2.02. The Balaban J connectivity index is 2.37. The van der Waals surface area contributed by atoms with Gasteiger partial charge in [0, 0.05) is 18.3 Å². The van der Waals surface area contributed by atoms with Crippen molar-refractivity contribution in [3.63, 3.8) is 0 Å². The van der Waals surface area contributed by atoms with Gasteiger partial charge in [-0.05, 0) is 23.8 Å². The van der Waals surface area contributed by atoms with E-state index in [0.717, 1.165) is 11.3 Å². The monoisotopic (exact) mass is 295 g/mol. The van der Waals surface area contributed by atoms with Crippen molar-refractivity contribution < 1.29 is 14.4 Å². The molecule has 0 atom stereocenters. The molecule has 0 radical (unpaired) electrons. The number of benzene rings is 1. The highest BCUT2D eigenvalue weighted by Crippen LogP contribution is 2.28. The maximum Gasteiger partial charge on any atom is 0.231 e. The van der Waals surface area contributed by atoms with Crippen LogP contribution in [0.4, 0.5) is 5.69 Å². The number of carbonyl (C=O) groups excluding carboxylic acids is 3. The Morgan fingerprint density at radius 2 is 2.12 bits per heavy atom. The van der Waals surface area contributed by atoms with Gasteiger partial charge in [-0.1, -0.05) is 15.9 Å². The van der Waals surface area contributed by atoms with E-state index in [4.69, 9.17) is 0 Å². The number of nitrogens with zero attached hydrogens (tertiary/aromatic N) is 1. The number of amides is 1. The Morgan fingerprint density at radius 1 is 1.41 bits per heavy atom. The van der Waals surface area contributed by atoms with Crippen LogP contribution in [0, 0.1) is 0 Å². The molecular weight excluding hydrogens is 286 g/mol. The minimum atomic E-state index is -0.522. The normalized spacial score (nSPS) is 13.8. The zero-order chi connectivity index (χ0) is 12.6. The first-order valence-electron chi connectivity index (χ1n) is 5.07. The number of Topliss-reactive ketones (excluding diaryl/α,β-unsaturated/α-hetero) is 2. The van der Waals surface area contributed by atoms with Crippen molar-refractivity contribution in [2.45, 2.75) is 6.42 Å². The summed E-state index contributed by atoms with van der Waals surface area (Å²) in [6, 6.07) is 4.91. The molecular formula is C12H10BrNO3. The van der Waals surface area contributed by atoms with Crippen molar-refractivity contribution in [1.82, 2.24) is 0 Å². The molecule has 0 spiro atoms. The molecule has 2 rings (SSSR count). The third-order valence-electron chi connectivity index (χ3n) is 2.79. The lowest BCUT2D eigenvalue weighted by Gasteiger charge is -2.09. The second-order valence-electron chi connectivity index (χ2n) is 3.86. The van der Waals surface area contributed by atoms with Gasteiger partial charge in [0.2, 0.25) is 17.5 Å². The smallest absolute Gasteiger partial charge is 0.231 e. The van der Waals surface area contributed by atoms with Gasteiger partial charge >= 0.3 is 0 Å². The Hall–Kier alpha value is -1.49. The van der Waals surface area contributed by atoms with Crippen molar-refractivity contribution in [3.05, 3.63) is 29.3 Å². The number of carbonyl (C=O) groups is 3. The van der Waals surface area contributed by atoms with Crippen LogP contribution < -0.4 is 4.90 Å². The minimum Gasteiger partial charge on any atom is -0.315 e. The molecule has 88 valence electrons. The summed E-state index contributed by atoms with van der Waals surface area (Å²) in [5.41, 5.74) is 1.94. The largest absolute Gasteiger partial charge is 0.315 e. The van der Waals surface area contributed by atoms with E-state index in [9.17, 15) is 14.4 Å². The Labute approximate surface area is 107 Å². The number of hydrogen-bond donors (Lipinski definition) is 0. The van der Waals surface area contributed by atoms with Crippen LogP contribution in [0.5, 0.6) is 0 Å². The number of alkyl halides is 1. The van der Waals surface area contributed by atoms with Crippen LogP contribution in [0.15, 0.2) is 18.2 Å². The number of hydrogen-bond acceptors (Lipinski definition) is 3. The SMILES string of the molecule is CN1C(=O)Cc2cc(C(=O)C(=O)CBr)ccc21. The predicted molar refractivity (Wildman–Crippen MR) is 66.7 cm³/mol. The molecule has 1 heterocycles. The molecule has 4 nitrogen and oxygen atoms in total. The lowest BCUT2D eigenvalue weighted by molar-refractivity contribution is -0.117. The predicted octanol–water partition coefficient (Wildman–Crippen LogP) is 1.35. The van der Waals surface area contributed by atoms with Crippen molar-refractivity contribution in [1.29, 1.82) is 0 Å². The zero-order valence-electron chi connectivity index (χ0n) is 9.20. The topological polar surface area (TPSA) is 54.5 Å². The van der Waals surface area contributed by atoms with Gasteiger partial charge in [0.15, 0.2) is 0 Å². The number of fused-ring (bicyclic) bond motifs is 1. The van der Waals surface area contributed by atoms with E-state index in [1.807, 2.05) is 0 Å². The lowest BCUT2D eigenvalue weighted by Crippen LogP contribution is -2.20. The molecule has 1 amide bonds. The first-order chi connectivity index (χ1) is 8.04. The summed E-state index contributed by atoms with van der Waals surface area (Å²) in [5, 5.41) is 0.0156. The van der Waals surface area contributed by atoms with Gasteiger partial charge in [-0.3, -0.25) is 14.4 Å². The van der Waals surface area contributed by atoms with Gasteiger partial charge in [-0.25, -0.2) is 0 Å². The molecule has 0 aromatic heterocycles. The Bertz CT molecular complexity index is 524. The maximum absolute atomic E-state index is 11.7. The molecule has 0 saturated heterocycles. The van der Waals surface area contributed by atoms with E-state index >= 15 is 0 Å². The maximum atomic E-state index is 11.7. The van der Waals surface area contributed by atoms with Crippen molar-refractivity contribution in [2.24, 2.45) is 0 Å². The molecule has 17 heavy (non-hydrogen) atoms. The van der Waals surface area contributed by atoms with E-state index in [2.05, 4.69) is 15.9 Å². The second-order valence-corrected chi connectivity index (χ2v) is 4.42. The van der Waals surface area contributed by atoms with E-state index < -0.39 is 11.6 Å². The standard InChI is InChI=1S/C12H10BrNO3/c1-14-9-3-2-7(12(17)10(15)6-13)4-8(9)5-11(14)16/h2-4H,5-6H2,1H3. The van der Waals surface area contributed by atoms with Gasteiger partial charge in [0.1, 0.15) is 0 Å². The zero-order valence-corrected chi connectivity index (χ0v) is 10.8. The molecule has 5 heteroatoms. The van der Waals surface area contributed by atoms with Gasteiger partial charge in [-0.2, -0.15) is 0 Å². The highest BCUT2D eigenvalue weighted by Gasteiger charge is 2.25. The van der Waals surface area contributed by atoms with E-state index in [0.29, 0.717) is 5.56 Å². The summed E-state index contributed by atoms with van der Waals surface area (Å²) in [6.07, 6.45) is 0.287. The fraction of sp³-hybridized carbons (Fsp3) is 0.250. The summed E-state index contributed by atoms with van der Waals surface area (Å²) in [6.45, 7) is 0. The summed E-state index contributed by atoms with van der Waals surface area (Å²) in [4.78, 5) is 35.9. The molecule has 0 unspecified atom stereocenters. The van der Waals surface area contributed by atoms with Crippen LogP contribution in [0.1, 0.15) is 15.9 Å². The van der Waals surface area contributed by atoms with Crippen LogP contribution in [0.3, 0.4) is 0 Å². The highest BCUT2D eigenvalue weighted by molar-refractivity contribution is 9.09. The van der Waals surface area contributed by atoms with Crippen LogP contribution in [0.2, 0.25) is 0 Å². The number of halogens is 1. The quantitative estimate of drug-likeness (QED) is 0.481. The van der Waals surface area contributed by atoms with Crippen LogP contribution in [-0.4, -0.2) is 29.9 Å². The molecule has 1 aromatic carbocycles. The minimum absolute atomic E-state index is 0.00332. The summed E-state index contributed by atoms with van der Waals surface area (Å²) in [5.74, 6) is -1.01. The van der Waals surface area contributed by atoms with Gasteiger partial charge in [-0.15, -0.1) is 0 Å². The van der Waals surface area contributed by atoms with Gasteiger partial charge in [0.05, 0.1) is 11.8 Å². The fourth-order valence-corrected chi connectivity index (χ4v) is 2.09. The van der Waals surface area contributed by atoms with Gasteiger partial charge < -0.3 is 4.90 Å². The van der Waals surface area contributed by atoms with Gasteiger partial charge in [0.25, 0.3) is 0 Å². The molecule has 0 fully saturated rings. The third-order valence-corrected chi connectivity index (χ3v) is 3.30. The number of anilines is 1.